The first-order valence-electron chi connectivity index (χ1n) is 9.70. The molecule has 0 saturated carbocycles. The molecule has 1 saturated heterocycles. The van der Waals surface area contributed by atoms with Gasteiger partial charge in [-0.25, -0.2) is 0 Å². The molecule has 1 atom stereocenters. The Balaban J connectivity index is 1.52. The standard InChI is InChI=1S/C22H24N2O5/c1-27-18-8-6-15(12-20(18)28-2)21(25)23-16-7-5-14-9-10-24(17(14)13-16)22(26)19-4-3-11-29-19/h5-8,12-13,19H,3-4,9-11H2,1-2H3,(H,23,25)/t19-/m1/s1. The van der Waals surface area contributed by atoms with Crippen LogP contribution >= 0.6 is 0 Å². The number of ether oxygens (including phenoxy) is 3. The monoisotopic (exact) mass is 396 g/mol. The number of benzene rings is 2. The number of carbonyl (C=O) groups excluding carboxylic acids is 2. The molecule has 29 heavy (non-hydrogen) atoms. The second-order valence-electron chi connectivity index (χ2n) is 7.11. The molecule has 0 bridgehead atoms. The minimum atomic E-state index is -0.356. The number of hydrogen-bond acceptors (Lipinski definition) is 5. The number of rotatable bonds is 5. The summed E-state index contributed by atoms with van der Waals surface area (Å²) in [4.78, 5) is 27.3. The first-order chi connectivity index (χ1) is 14.1. The van der Waals surface area contributed by atoms with Gasteiger partial charge < -0.3 is 24.4 Å². The zero-order valence-electron chi connectivity index (χ0n) is 16.6. The van der Waals surface area contributed by atoms with Gasteiger partial charge in [0.15, 0.2) is 11.5 Å². The lowest BCUT2D eigenvalue weighted by atomic mass is 10.1. The Labute approximate surface area is 169 Å². The highest BCUT2D eigenvalue weighted by atomic mass is 16.5. The number of nitrogens with one attached hydrogen (secondary N) is 1. The molecule has 0 spiro atoms. The average molecular weight is 396 g/mol. The van der Waals surface area contributed by atoms with Gasteiger partial charge in [-0.05, 0) is 55.2 Å². The van der Waals surface area contributed by atoms with Gasteiger partial charge in [0.25, 0.3) is 11.8 Å². The lowest BCUT2D eigenvalue weighted by Crippen LogP contribution is -2.37. The van der Waals surface area contributed by atoms with Crippen molar-refractivity contribution in [2.45, 2.75) is 25.4 Å². The van der Waals surface area contributed by atoms with Gasteiger partial charge >= 0.3 is 0 Å². The summed E-state index contributed by atoms with van der Waals surface area (Å²) >= 11 is 0. The van der Waals surface area contributed by atoms with Crippen LogP contribution in [0.15, 0.2) is 36.4 Å². The summed E-state index contributed by atoms with van der Waals surface area (Å²) in [5.41, 5.74) is 3.03. The number of carbonyl (C=O) groups is 2. The molecule has 2 aliphatic heterocycles. The van der Waals surface area contributed by atoms with Crippen LogP contribution in [0.3, 0.4) is 0 Å². The van der Waals surface area contributed by atoms with Crippen LogP contribution in [0.2, 0.25) is 0 Å². The Morgan fingerprint density at radius 3 is 2.66 bits per heavy atom. The molecule has 1 N–H and O–H groups in total. The molecule has 2 aliphatic rings. The van der Waals surface area contributed by atoms with Gasteiger partial charge in [0.2, 0.25) is 0 Å². The topological polar surface area (TPSA) is 77.1 Å². The van der Waals surface area contributed by atoms with E-state index in [-0.39, 0.29) is 17.9 Å². The summed E-state index contributed by atoms with van der Waals surface area (Å²) in [6.07, 6.45) is 2.13. The van der Waals surface area contributed by atoms with Crippen LogP contribution in [0.5, 0.6) is 11.5 Å². The highest BCUT2D eigenvalue weighted by Gasteiger charge is 2.32. The quantitative estimate of drug-likeness (QED) is 0.841. The molecule has 7 heteroatoms. The van der Waals surface area contributed by atoms with E-state index in [0.29, 0.717) is 35.9 Å². The van der Waals surface area contributed by atoms with Crippen molar-refractivity contribution in [1.82, 2.24) is 0 Å². The Kier molecular flexibility index (Phi) is 5.40. The molecule has 2 heterocycles. The van der Waals surface area contributed by atoms with E-state index < -0.39 is 0 Å². The fraction of sp³-hybridized carbons (Fsp3) is 0.364. The van der Waals surface area contributed by atoms with Crippen molar-refractivity contribution >= 4 is 23.2 Å². The van der Waals surface area contributed by atoms with Crippen LogP contribution in [-0.4, -0.2) is 45.3 Å². The largest absolute Gasteiger partial charge is 0.493 e. The average Bonchev–Trinajstić information content (AvgIpc) is 3.42. The minimum Gasteiger partial charge on any atom is -0.493 e. The van der Waals surface area contributed by atoms with Gasteiger partial charge in [0.05, 0.1) is 14.2 Å². The minimum absolute atomic E-state index is 0.00428. The van der Waals surface area contributed by atoms with Gasteiger partial charge in [0, 0.05) is 30.1 Å². The molecule has 4 rings (SSSR count). The van der Waals surface area contributed by atoms with Crippen molar-refractivity contribution in [3.8, 4) is 11.5 Å². The van der Waals surface area contributed by atoms with Crippen LogP contribution in [-0.2, 0) is 16.0 Å². The van der Waals surface area contributed by atoms with Crippen molar-refractivity contribution in [2.24, 2.45) is 0 Å². The van der Waals surface area contributed by atoms with Crippen molar-refractivity contribution in [2.75, 3.05) is 37.6 Å². The predicted molar refractivity (Wildman–Crippen MR) is 109 cm³/mol. The van der Waals surface area contributed by atoms with E-state index in [9.17, 15) is 9.59 Å². The summed E-state index contributed by atoms with van der Waals surface area (Å²) in [6, 6.07) is 10.7. The van der Waals surface area contributed by atoms with Crippen LogP contribution in [0, 0.1) is 0 Å². The molecular formula is C22H24N2O5. The van der Waals surface area contributed by atoms with E-state index in [0.717, 1.165) is 30.5 Å². The summed E-state index contributed by atoms with van der Waals surface area (Å²) in [5.74, 6) is 0.790. The lowest BCUT2D eigenvalue weighted by molar-refractivity contribution is -0.127. The Hall–Kier alpha value is -3.06. The highest BCUT2D eigenvalue weighted by molar-refractivity contribution is 6.05. The van der Waals surface area contributed by atoms with E-state index in [1.54, 1.807) is 30.2 Å². The molecule has 0 aromatic heterocycles. The van der Waals surface area contributed by atoms with Crippen molar-refractivity contribution in [3.63, 3.8) is 0 Å². The maximum absolute atomic E-state index is 12.8. The fourth-order valence-corrected chi connectivity index (χ4v) is 3.81. The van der Waals surface area contributed by atoms with Crippen molar-refractivity contribution in [1.29, 1.82) is 0 Å². The normalized spacial score (nSPS) is 17.7. The fourth-order valence-electron chi connectivity index (χ4n) is 3.81. The smallest absolute Gasteiger partial charge is 0.256 e. The molecule has 0 aliphatic carbocycles. The molecule has 0 radical (unpaired) electrons. The second-order valence-corrected chi connectivity index (χ2v) is 7.11. The number of methoxy groups -OCH3 is 2. The molecule has 152 valence electrons. The lowest BCUT2D eigenvalue weighted by Gasteiger charge is -2.21. The number of fused-ring (bicyclic) bond motifs is 1. The van der Waals surface area contributed by atoms with E-state index in [2.05, 4.69) is 5.32 Å². The van der Waals surface area contributed by atoms with E-state index in [1.807, 2.05) is 18.2 Å². The third-order valence-electron chi connectivity index (χ3n) is 5.36. The Morgan fingerprint density at radius 1 is 1.10 bits per heavy atom. The SMILES string of the molecule is COc1ccc(C(=O)Nc2ccc3c(c2)N(C(=O)[C@H]2CCCO2)CC3)cc1OC. The van der Waals surface area contributed by atoms with E-state index in [4.69, 9.17) is 14.2 Å². The third kappa shape index (κ3) is 3.78. The number of hydrogen-bond donors (Lipinski definition) is 1. The van der Waals surface area contributed by atoms with Gasteiger partial charge in [-0.15, -0.1) is 0 Å². The van der Waals surface area contributed by atoms with Gasteiger partial charge in [-0.3, -0.25) is 9.59 Å². The maximum Gasteiger partial charge on any atom is 0.256 e. The predicted octanol–water partition coefficient (Wildman–Crippen LogP) is 3.02. The maximum atomic E-state index is 12.8. The second kappa shape index (κ2) is 8.13. The van der Waals surface area contributed by atoms with E-state index in [1.165, 1.54) is 7.11 Å². The molecule has 0 unspecified atom stereocenters. The number of anilines is 2. The van der Waals surface area contributed by atoms with Crippen molar-refractivity contribution in [3.05, 3.63) is 47.5 Å². The zero-order chi connectivity index (χ0) is 20.4. The van der Waals surface area contributed by atoms with Crippen LogP contribution in [0.25, 0.3) is 0 Å². The third-order valence-corrected chi connectivity index (χ3v) is 5.36. The van der Waals surface area contributed by atoms with Crippen LogP contribution in [0.1, 0.15) is 28.8 Å². The molecule has 2 aromatic carbocycles. The first-order valence-corrected chi connectivity index (χ1v) is 9.70. The summed E-state index contributed by atoms with van der Waals surface area (Å²) in [7, 11) is 3.07. The molecule has 2 amide bonds. The molecule has 7 nitrogen and oxygen atoms in total. The summed E-state index contributed by atoms with van der Waals surface area (Å²) < 4.78 is 16.0. The highest BCUT2D eigenvalue weighted by Crippen LogP contribution is 2.33. The van der Waals surface area contributed by atoms with E-state index >= 15 is 0 Å². The molecule has 1 fully saturated rings. The van der Waals surface area contributed by atoms with Crippen LogP contribution < -0.4 is 19.7 Å². The summed E-state index contributed by atoms with van der Waals surface area (Å²) in [6.45, 7) is 1.28. The van der Waals surface area contributed by atoms with Gasteiger partial charge in [-0.2, -0.15) is 0 Å². The summed E-state index contributed by atoms with van der Waals surface area (Å²) in [5, 5.41) is 2.90. The number of amides is 2. The van der Waals surface area contributed by atoms with Crippen LogP contribution in [0.4, 0.5) is 11.4 Å². The van der Waals surface area contributed by atoms with Gasteiger partial charge in [0.1, 0.15) is 6.10 Å². The Morgan fingerprint density at radius 2 is 1.93 bits per heavy atom. The van der Waals surface area contributed by atoms with Gasteiger partial charge in [-0.1, -0.05) is 6.07 Å². The molecule has 2 aromatic rings. The number of nitrogens with zero attached hydrogens (tertiary/aromatic N) is 1. The Bertz CT molecular complexity index is 937. The molecular weight excluding hydrogens is 372 g/mol. The van der Waals surface area contributed by atoms with Crippen molar-refractivity contribution < 1.29 is 23.8 Å². The first kappa shape index (κ1) is 19.3. The zero-order valence-corrected chi connectivity index (χ0v) is 16.6.